The van der Waals surface area contributed by atoms with E-state index in [1.807, 2.05) is 0 Å². The zero-order valence-corrected chi connectivity index (χ0v) is 8.82. The molecule has 1 saturated heterocycles. The van der Waals surface area contributed by atoms with Gasteiger partial charge in [0.15, 0.2) is 12.2 Å². The van der Waals surface area contributed by atoms with E-state index in [1.165, 1.54) is 38.6 Å². The summed E-state index contributed by atoms with van der Waals surface area (Å²) in [5.41, 5.74) is 0.392. The second-order valence-electron chi connectivity index (χ2n) is 3.94. The van der Waals surface area contributed by atoms with Crippen molar-refractivity contribution in [2.45, 2.75) is 25.7 Å². The molecule has 0 spiro atoms. The highest BCUT2D eigenvalue weighted by Gasteiger charge is 2.11. The normalized spacial score (nSPS) is 17.9. The molecule has 0 N–H and O–H groups in total. The van der Waals surface area contributed by atoms with Gasteiger partial charge < -0.3 is 9.32 Å². The second-order valence-corrected chi connectivity index (χ2v) is 3.94. The quantitative estimate of drug-likeness (QED) is 0.704. The summed E-state index contributed by atoms with van der Waals surface area (Å²) in [4.78, 5) is 16.9. The van der Waals surface area contributed by atoms with Crippen molar-refractivity contribution in [3.05, 3.63) is 17.8 Å². The maximum atomic E-state index is 10.4. The number of nitrogens with zero attached hydrogens (tertiary/aromatic N) is 2. The van der Waals surface area contributed by atoms with E-state index in [2.05, 4.69) is 9.88 Å². The van der Waals surface area contributed by atoms with Crippen molar-refractivity contribution < 1.29 is 9.21 Å². The molecule has 0 saturated carbocycles. The smallest absolute Gasteiger partial charge is 0.195 e. The van der Waals surface area contributed by atoms with E-state index >= 15 is 0 Å². The molecule has 82 valence electrons. The molecule has 4 heteroatoms. The molecule has 1 fully saturated rings. The Labute approximate surface area is 89.3 Å². The Balaban J connectivity index is 1.79. The SMILES string of the molecule is O=Cc1coc(CCN2CCCCC2)n1. The van der Waals surface area contributed by atoms with Crippen LogP contribution in [0, 0.1) is 0 Å². The first-order chi connectivity index (χ1) is 7.38. The standard InChI is InChI=1S/C11H16N2O2/c14-8-10-9-15-11(12-10)4-7-13-5-2-1-3-6-13/h8-9H,1-7H2. The molecule has 0 radical (unpaired) electrons. The van der Waals surface area contributed by atoms with Crippen LogP contribution < -0.4 is 0 Å². The lowest BCUT2D eigenvalue weighted by Gasteiger charge is -2.25. The fourth-order valence-electron chi connectivity index (χ4n) is 1.93. The number of aldehydes is 1. The van der Waals surface area contributed by atoms with Gasteiger partial charge in [0.05, 0.1) is 0 Å². The maximum Gasteiger partial charge on any atom is 0.195 e. The van der Waals surface area contributed by atoms with Crippen molar-refractivity contribution in [2.75, 3.05) is 19.6 Å². The van der Waals surface area contributed by atoms with Crippen molar-refractivity contribution in [1.29, 1.82) is 0 Å². The first-order valence-electron chi connectivity index (χ1n) is 5.50. The van der Waals surface area contributed by atoms with Gasteiger partial charge in [-0.15, -0.1) is 0 Å². The molecule has 1 aromatic rings. The third kappa shape index (κ3) is 2.89. The van der Waals surface area contributed by atoms with Crippen LogP contribution in [-0.4, -0.2) is 35.8 Å². The van der Waals surface area contributed by atoms with Crippen LogP contribution in [0.2, 0.25) is 0 Å². The molecule has 0 unspecified atom stereocenters. The number of piperidine rings is 1. The van der Waals surface area contributed by atoms with Crippen LogP contribution in [0.15, 0.2) is 10.7 Å². The van der Waals surface area contributed by atoms with Gasteiger partial charge in [0.25, 0.3) is 0 Å². The number of carbonyl (C=O) groups excluding carboxylic acids is 1. The fourth-order valence-corrected chi connectivity index (χ4v) is 1.93. The fraction of sp³-hybridized carbons (Fsp3) is 0.636. The molecule has 4 nitrogen and oxygen atoms in total. The van der Waals surface area contributed by atoms with Gasteiger partial charge in [-0.3, -0.25) is 4.79 Å². The molecule has 1 aliphatic heterocycles. The molecule has 0 atom stereocenters. The summed E-state index contributed by atoms with van der Waals surface area (Å²) < 4.78 is 5.18. The van der Waals surface area contributed by atoms with Crippen molar-refractivity contribution in [3.8, 4) is 0 Å². The molecular weight excluding hydrogens is 192 g/mol. The van der Waals surface area contributed by atoms with Crippen LogP contribution in [-0.2, 0) is 6.42 Å². The second kappa shape index (κ2) is 5.07. The van der Waals surface area contributed by atoms with Crippen LogP contribution in [0.1, 0.15) is 35.6 Å². The topological polar surface area (TPSA) is 46.3 Å². The average molecular weight is 208 g/mol. The molecule has 0 aromatic carbocycles. The number of aromatic nitrogens is 1. The highest BCUT2D eigenvalue weighted by atomic mass is 16.3. The van der Waals surface area contributed by atoms with E-state index in [9.17, 15) is 4.79 Å². The highest BCUT2D eigenvalue weighted by Crippen LogP contribution is 2.09. The number of carbonyl (C=O) groups is 1. The molecule has 0 bridgehead atoms. The third-order valence-corrected chi connectivity index (χ3v) is 2.78. The van der Waals surface area contributed by atoms with E-state index in [-0.39, 0.29) is 0 Å². The minimum Gasteiger partial charge on any atom is -0.448 e. The van der Waals surface area contributed by atoms with Crippen LogP contribution in [0.5, 0.6) is 0 Å². The largest absolute Gasteiger partial charge is 0.448 e. The van der Waals surface area contributed by atoms with E-state index in [0.29, 0.717) is 17.9 Å². The van der Waals surface area contributed by atoms with Gasteiger partial charge in [0.1, 0.15) is 12.0 Å². The van der Waals surface area contributed by atoms with Crippen molar-refractivity contribution in [2.24, 2.45) is 0 Å². The number of hydrogen-bond donors (Lipinski definition) is 0. The number of oxazole rings is 1. The monoisotopic (exact) mass is 208 g/mol. The molecule has 0 amide bonds. The van der Waals surface area contributed by atoms with Gasteiger partial charge in [-0.05, 0) is 25.9 Å². The molecule has 2 heterocycles. The molecule has 1 aliphatic rings. The molecule has 15 heavy (non-hydrogen) atoms. The van der Waals surface area contributed by atoms with Gasteiger partial charge in [-0.1, -0.05) is 6.42 Å². The van der Waals surface area contributed by atoms with Crippen molar-refractivity contribution >= 4 is 6.29 Å². The predicted octanol–water partition coefficient (Wildman–Crippen LogP) is 1.52. The van der Waals surface area contributed by atoms with E-state index in [0.717, 1.165) is 13.0 Å². The summed E-state index contributed by atoms with van der Waals surface area (Å²) >= 11 is 0. The van der Waals surface area contributed by atoms with Gasteiger partial charge in [0, 0.05) is 13.0 Å². The lowest BCUT2D eigenvalue weighted by Crippen LogP contribution is -2.31. The first-order valence-corrected chi connectivity index (χ1v) is 5.50. The Morgan fingerprint density at radius 2 is 2.20 bits per heavy atom. The Kier molecular flexibility index (Phi) is 3.50. The number of likely N-dealkylation sites (tertiary alicyclic amines) is 1. The Hall–Kier alpha value is -1.16. The summed E-state index contributed by atoms with van der Waals surface area (Å²) in [6.45, 7) is 3.35. The zero-order chi connectivity index (χ0) is 10.5. The van der Waals surface area contributed by atoms with E-state index in [4.69, 9.17) is 4.42 Å². The lowest BCUT2D eigenvalue weighted by atomic mass is 10.1. The molecule has 2 rings (SSSR count). The summed E-state index contributed by atoms with van der Waals surface area (Å²) in [6, 6.07) is 0. The van der Waals surface area contributed by atoms with Gasteiger partial charge in [-0.25, -0.2) is 4.98 Å². The third-order valence-electron chi connectivity index (χ3n) is 2.78. The van der Waals surface area contributed by atoms with E-state index < -0.39 is 0 Å². The zero-order valence-electron chi connectivity index (χ0n) is 8.82. The predicted molar refractivity (Wildman–Crippen MR) is 55.9 cm³/mol. The Morgan fingerprint density at radius 1 is 1.40 bits per heavy atom. The van der Waals surface area contributed by atoms with Crippen molar-refractivity contribution in [1.82, 2.24) is 9.88 Å². The van der Waals surface area contributed by atoms with Gasteiger partial charge in [0.2, 0.25) is 0 Å². The molecule has 0 aliphatic carbocycles. The van der Waals surface area contributed by atoms with Crippen LogP contribution >= 0.6 is 0 Å². The van der Waals surface area contributed by atoms with Gasteiger partial charge in [-0.2, -0.15) is 0 Å². The lowest BCUT2D eigenvalue weighted by molar-refractivity contribution is 0.111. The van der Waals surface area contributed by atoms with Crippen LogP contribution in [0.3, 0.4) is 0 Å². The Bertz CT molecular complexity index is 316. The summed E-state index contributed by atoms with van der Waals surface area (Å²) in [5, 5.41) is 0. The maximum absolute atomic E-state index is 10.4. The minimum atomic E-state index is 0.392. The summed E-state index contributed by atoms with van der Waals surface area (Å²) in [6.07, 6.45) is 6.88. The molecular formula is C11H16N2O2. The van der Waals surface area contributed by atoms with Gasteiger partial charge >= 0.3 is 0 Å². The van der Waals surface area contributed by atoms with E-state index in [1.54, 1.807) is 0 Å². The summed E-state index contributed by atoms with van der Waals surface area (Å²) in [5.74, 6) is 0.669. The van der Waals surface area contributed by atoms with Crippen LogP contribution in [0.4, 0.5) is 0 Å². The highest BCUT2D eigenvalue weighted by molar-refractivity contribution is 5.70. The minimum absolute atomic E-state index is 0.392. The Morgan fingerprint density at radius 3 is 2.87 bits per heavy atom. The first kappa shape index (κ1) is 10.4. The molecule has 1 aromatic heterocycles. The number of hydrogen-bond acceptors (Lipinski definition) is 4. The van der Waals surface area contributed by atoms with Crippen LogP contribution in [0.25, 0.3) is 0 Å². The average Bonchev–Trinajstić information content (AvgIpc) is 2.76. The summed E-state index contributed by atoms with van der Waals surface area (Å²) in [7, 11) is 0. The van der Waals surface area contributed by atoms with Crippen molar-refractivity contribution in [3.63, 3.8) is 0 Å². The number of rotatable bonds is 4.